The van der Waals surface area contributed by atoms with E-state index in [9.17, 15) is 15.0 Å². The number of benzene rings is 2. The summed E-state index contributed by atoms with van der Waals surface area (Å²) in [6, 6.07) is 6.07. The van der Waals surface area contributed by atoms with Gasteiger partial charge < -0.3 is 19.4 Å². The van der Waals surface area contributed by atoms with Crippen molar-refractivity contribution in [2.45, 2.75) is 19.3 Å². The van der Waals surface area contributed by atoms with E-state index in [0.29, 0.717) is 5.56 Å². The molecular formula is C19H18O5. The molecule has 2 aromatic carbocycles. The van der Waals surface area contributed by atoms with Gasteiger partial charge in [0.1, 0.15) is 11.0 Å². The van der Waals surface area contributed by atoms with Crippen molar-refractivity contribution < 1.29 is 19.4 Å². The molecule has 0 atom stereocenters. The van der Waals surface area contributed by atoms with Crippen molar-refractivity contribution in [3.8, 4) is 17.2 Å². The lowest BCUT2D eigenvalue weighted by molar-refractivity contribution is 0.376. The predicted octanol–water partition coefficient (Wildman–Crippen LogP) is 3.83. The Morgan fingerprint density at radius 1 is 1.21 bits per heavy atom. The summed E-state index contributed by atoms with van der Waals surface area (Å²) in [6.45, 7) is 7.58. The maximum Gasteiger partial charge on any atom is 0.204 e. The number of para-hydroxylation sites is 1. The predicted molar refractivity (Wildman–Crippen MR) is 93.1 cm³/mol. The van der Waals surface area contributed by atoms with Crippen LogP contribution in [-0.4, -0.2) is 17.3 Å². The van der Waals surface area contributed by atoms with Crippen LogP contribution in [0.1, 0.15) is 19.4 Å². The molecule has 1 aromatic heterocycles. The van der Waals surface area contributed by atoms with Gasteiger partial charge in [-0.1, -0.05) is 26.0 Å². The van der Waals surface area contributed by atoms with E-state index in [1.165, 1.54) is 19.2 Å². The first-order valence-electron chi connectivity index (χ1n) is 7.44. The first kappa shape index (κ1) is 15.9. The van der Waals surface area contributed by atoms with Gasteiger partial charge in [0.25, 0.3) is 0 Å². The summed E-state index contributed by atoms with van der Waals surface area (Å²) in [5.41, 5.74) is -0.0165. The standard InChI is InChI=1S/C19H18O5/c1-5-19(2,3)11-9-13(21)18(23-4)14-15(22)10-7-6-8-12(20)16(10)24-17(11)14/h5-9,20-21H,1H2,2-4H3. The number of ether oxygens (including phenoxy) is 1. The van der Waals surface area contributed by atoms with Gasteiger partial charge in [-0.15, -0.1) is 6.58 Å². The number of hydrogen-bond donors (Lipinski definition) is 2. The van der Waals surface area contributed by atoms with Crippen molar-refractivity contribution in [3.05, 3.63) is 52.7 Å². The average Bonchev–Trinajstić information content (AvgIpc) is 2.56. The summed E-state index contributed by atoms with van der Waals surface area (Å²) in [6.07, 6.45) is 1.70. The van der Waals surface area contributed by atoms with Gasteiger partial charge >= 0.3 is 0 Å². The van der Waals surface area contributed by atoms with Crippen LogP contribution in [-0.2, 0) is 5.41 Å². The molecule has 0 radical (unpaired) electrons. The van der Waals surface area contributed by atoms with E-state index in [4.69, 9.17) is 9.15 Å². The van der Waals surface area contributed by atoms with E-state index < -0.39 is 5.41 Å². The van der Waals surface area contributed by atoms with Crippen LogP contribution >= 0.6 is 0 Å². The van der Waals surface area contributed by atoms with Crippen LogP contribution in [0, 0.1) is 0 Å². The summed E-state index contributed by atoms with van der Waals surface area (Å²) in [4.78, 5) is 13.0. The molecule has 5 nitrogen and oxygen atoms in total. The molecule has 0 aliphatic carbocycles. The number of hydrogen-bond acceptors (Lipinski definition) is 5. The molecule has 0 saturated heterocycles. The molecule has 0 aliphatic rings. The average molecular weight is 326 g/mol. The quantitative estimate of drug-likeness (QED) is 0.565. The third-order valence-electron chi connectivity index (χ3n) is 4.29. The van der Waals surface area contributed by atoms with E-state index in [1.54, 1.807) is 18.2 Å². The number of allylic oxidation sites excluding steroid dienone is 1. The minimum atomic E-state index is -0.573. The third-order valence-corrected chi connectivity index (χ3v) is 4.29. The highest BCUT2D eigenvalue weighted by molar-refractivity contribution is 5.98. The zero-order valence-electron chi connectivity index (χ0n) is 13.7. The van der Waals surface area contributed by atoms with E-state index in [0.717, 1.165) is 0 Å². The van der Waals surface area contributed by atoms with Gasteiger partial charge in [-0.3, -0.25) is 4.79 Å². The second-order valence-electron chi connectivity index (χ2n) is 6.19. The molecule has 0 unspecified atom stereocenters. The lowest BCUT2D eigenvalue weighted by atomic mass is 9.83. The number of phenols is 2. The Kier molecular flexibility index (Phi) is 3.52. The SMILES string of the molecule is C=CC(C)(C)c1cc(O)c(OC)c2c(=O)c3cccc(O)c3oc12. The fourth-order valence-corrected chi connectivity index (χ4v) is 2.79. The van der Waals surface area contributed by atoms with Gasteiger partial charge in [-0.25, -0.2) is 0 Å². The van der Waals surface area contributed by atoms with E-state index in [2.05, 4.69) is 6.58 Å². The van der Waals surface area contributed by atoms with Crippen LogP contribution in [0.5, 0.6) is 17.2 Å². The highest BCUT2D eigenvalue weighted by Crippen LogP contribution is 2.42. The highest BCUT2D eigenvalue weighted by Gasteiger charge is 2.27. The van der Waals surface area contributed by atoms with Crippen molar-refractivity contribution >= 4 is 21.9 Å². The maximum atomic E-state index is 13.0. The third kappa shape index (κ3) is 2.12. The summed E-state index contributed by atoms with van der Waals surface area (Å²) in [5, 5.41) is 20.7. The van der Waals surface area contributed by atoms with Gasteiger partial charge in [-0.05, 0) is 18.2 Å². The van der Waals surface area contributed by atoms with Crippen LogP contribution < -0.4 is 10.2 Å². The molecule has 2 N–H and O–H groups in total. The number of fused-ring (bicyclic) bond motifs is 2. The summed E-state index contributed by atoms with van der Waals surface area (Å²) >= 11 is 0. The fourth-order valence-electron chi connectivity index (χ4n) is 2.79. The Labute approximate surface area is 138 Å². The molecule has 5 heteroatoms. The Morgan fingerprint density at radius 2 is 1.92 bits per heavy atom. The number of aromatic hydroxyl groups is 2. The fraction of sp³-hybridized carbons (Fsp3) is 0.211. The molecule has 0 fully saturated rings. The van der Waals surface area contributed by atoms with Crippen molar-refractivity contribution in [1.29, 1.82) is 0 Å². The molecule has 0 aliphatic heterocycles. The lowest BCUT2D eigenvalue weighted by Gasteiger charge is -2.23. The zero-order chi connectivity index (χ0) is 17.6. The van der Waals surface area contributed by atoms with Crippen LogP contribution in [0.15, 0.2) is 46.1 Å². The van der Waals surface area contributed by atoms with Crippen molar-refractivity contribution in [1.82, 2.24) is 0 Å². The minimum absolute atomic E-state index is 0.0487. The zero-order valence-corrected chi connectivity index (χ0v) is 13.7. The number of phenolic OH excluding ortho intramolecular Hbond substituents is 2. The minimum Gasteiger partial charge on any atom is -0.504 e. The largest absolute Gasteiger partial charge is 0.504 e. The van der Waals surface area contributed by atoms with E-state index >= 15 is 0 Å². The van der Waals surface area contributed by atoms with Crippen molar-refractivity contribution in [2.24, 2.45) is 0 Å². The second-order valence-corrected chi connectivity index (χ2v) is 6.19. The molecule has 0 saturated carbocycles. The molecule has 0 spiro atoms. The summed E-state index contributed by atoms with van der Waals surface area (Å²) in [5.74, 6) is -0.227. The summed E-state index contributed by atoms with van der Waals surface area (Å²) < 4.78 is 11.1. The first-order chi connectivity index (χ1) is 11.3. The Morgan fingerprint density at radius 3 is 2.54 bits per heavy atom. The number of rotatable bonds is 3. The van der Waals surface area contributed by atoms with Crippen LogP contribution in [0.2, 0.25) is 0 Å². The molecule has 3 rings (SSSR count). The normalized spacial score (nSPS) is 11.8. The second kappa shape index (κ2) is 5.30. The Bertz CT molecular complexity index is 1030. The maximum absolute atomic E-state index is 13.0. The van der Waals surface area contributed by atoms with Crippen molar-refractivity contribution in [3.63, 3.8) is 0 Å². The van der Waals surface area contributed by atoms with E-state index in [-0.39, 0.29) is 44.6 Å². The molecule has 24 heavy (non-hydrogen) atoms. The molecule has 0 amide bonds. The first-order valence-corrected chi connectivity index (χ1v) is 7.44. The van der Waals surface area contributed by atoms with E-state index in [1.807, 2.05) is 13.8 Å². The van der Waals surface area contributed by atoms with Gasteiger partial charge in [0.2, 0.25) is 5.43 Å². The van der Waals surface area contributed by atoms with Crippen LogP contribution in [0.25, 0.3) is 21.9 Å². The van der Waals surface area contributed by atoms with Gasteiger partial charge in [0, 0.05) is 11.0 Å². The Balaban J connectivity index is 2.66. The molecule has 124 valence electrons. The molecule has 3 aromatic rings. The topological polar surface area (TPSA) is 79.9 Å². The highest BCUT2D eigenvalue weighted by atomic mass is 16.5. The Hall–Kier alpha value is -2.95. The monoisotopic (exact) mass is 326 g/mol. The smallest absolute Gasteiger partial charge is 0.204 e. The number of methoxy groups -OCH3 is 1. The lowest BCUT2D eigenvalue weighted by Crippen LogP contribution is -2.15. The molecule has 1 heterocycles. The van der Waals surface area contributed by atoms with Gasteiger partial charge in [0.15, 0.2) is 22.8 Å². The molecule has 0 bridgehead atoms. The van der Waals surface area contributed by atoms with Crippen LogP contribution in [0.3, 0.4) is 0 Å². The summed E-state index contributed by atoms with van der Waals surface area (Å²) in [7, 11) is 1.37. The van der Waals surface area contributed by atoms with Gasteiger partial charge in [0.05, 0.1) is 12.5 Å². The molecular weight excluding hydrogens is 308 g/mol. The van der Waals surface area contributed by atoms with Crippen molar-refractivity contribution in [2.75, 3.05) is 7.11 Å². The van der Waals surface area contributed by atoms with Gasteiger partial charge in [-0.2, -0.15) is 0 Å². The van der Waals surface area contributed by atoms with Crippen LogP contribution in [0.4, 0.5) is 0 Å².